The van der Waals surface area contributed by atoms with Gasteiger partial charge >= 0.3 is 11.9 Å². The predicted octanol–water partition coefficient (Wildman–Crippen LogP) is 3.15. The molecule has 0 saturated carbocycles. The zero-order chi connectivity index (χ0) is 16.0. The van der Waals surface area contributed by atoms with E-state index in [2.05, 4.69) is 6.58 Å². The van der Waals surface area contributed by atoms with Gasteiger partial charge in [-0.1, -0.05) is 29.8 Å². The Morgan fingerprint density at radius 1 is 1.43 bits per heavy atom. The smallest absolute Gasteiger partial charge is 0.340 e. The fourth-order valence-corrected chi connectivity index (χ4v) is 1.69. The second-order valence-electron chi connectivity index (χ2n) is 4.34. The fourth-order valence-electron chi connectivity index (χ4n) is 1.44. The van der Waals surface area contributed by atoms with Gasteiger partial charge in [0.05, 0.1) is 17.0 Å². The number of halogens is 2. The number of carbonyl (C=O) groups is 2. The summed E-state index contributed by atoms with van der Waals surface area (Å²) in [7, 11) is 0. The van der Waals surface area contributed by atoms with E-state index >= 15 is 0 Å². The molecule has 0 spiro atoms. The lowest BCUT2D eigenvalue weighted by molar-refractivity contribution is -0.144. The zero-order valence-corrected chi connectivity index (χ0v) is 12.9. The summed E-state index contributed by atoms with van der Waals surface area (Å²) in [5.41, 5.74) is 6.12. The molecule has 5 nitrogen and oxygen atoms in total. The number of ether oxygens (including phenoxy) is 2. The molecule has 0 fully saturated rings. The van der Waals surface area contributed by atoms with Crippen molar-refractivity contribution in [1.29, 1.82) is 0 Å². The third-order valence-electron chi connectivity index (χ3n) is 2.36. The fraction of sp³-hybridized carbons (Fsp3) is 0.286. The molecule has 1 aromatic carbocycles. The molecule has 0 saturated heterocycles. The zero-order valence-electron chi connectivity index (χ0n) is 11.4. The number of hydrogen-bond acceptors (Lipinski definition) is 5. The highest BCUT2D eigenvalue weighted by Crippen LogP contribution is 2.20. The van der Waals surface area contributed by atoms with Crippen LogP contribution in [0.3, 0.4) is 0 Å². The minimum Gasteiger partial charge on any atom is -0.460 e. The van der Waals surface area contributed by atoms with Gasteiger partial charge in [0.1, 0.15) is 12.7 Å². The molecule has 0 aliphatic rings. The number of anilines is 1. The van der Waals surface area contributed by atoms with Crippen molar-refractivity contribution in [3.8, 4) is 0 Å². The van der Waals surface area contributed by atoms with E-state index in [1.165, 1.54) is 12.1 Å². The van der Waals surface area contributed by atoms with Gasteiger partial charge in [-0.05, 0) is 25.1 Å². The average Bonchev–Trinajstić information content (AvgIpc) is 2.38. The first-order valence-corrected chi connectivity index (χ1v) is 6.80. The first-order valence-electron chi connectivity index (χ1n) is 6.04. The van der Waals surface area contributed by atoms with Crippen LogP contribution in [0.1, 0.15) is 23.7 Å². The molecule has 0 amide bonds. The summed E-state index contributed by atoms with van der Waals surface area (Å²) in [4.78, 5) is 23.4. The van der Waals surface area contributed by atoms with Crippen molar-refractivity contribution in [2.75, 3.05) is 12.3 Å². The van der Waals surface area contributed by atoms with Gasteiger partial charge in [-0.2, -0.15) is 0 Å². The molecule has 0 heterocycles. The molecule has 0 aliphatic heterocycles. The van der Waals surface area contributed by atoms with Crippen molar-refractivity contribution in [2.24, 2.45) is 0 Å². The van der Waals surface area contributed by atoms with Crippen LogP contribution in [0.25, 0.3) is 0 Å². The van der Waals surface area contributed by atoms with Crippen LogP contribution in [0.4, 0.5) is 5.69 Å². The van der Waals surface area contributed by atoms with Crippen LogP contribution < -0.4 is 5.73 Å². The van der Waals surface area contributed by atoms with E-state index in [9.17, 15) is 9.59 Å². The molecule has 1 unspecified atom stereocenters. The van der Waals surface area contributed by atoms with Crippen molar-refractivity contribution >= 4 is 40.8 Å². The maximum atomic E-state index is 11.9. The Balaban J connectivity index is 2.56. The molecule has 21 heavy (non-hydrogen) atoms. The van der Waals surface area contributed by atoms with E-state index in [0.717, 1.165) is 0 Å². The number of esters is 2. The Morgan fingerprint density at radius 2 is 2.10 bits per heavy atom. The minimum absolute atomic E-state index is 0.0812. The van der Waals surface area contributed by atoms with E-state index < -0.39 is 18.0 Å². The number of hydrogen-bond donors (Lipinski definition) is 1. The molecule has 1 rings (SSSR count). The third-order valence-corrected chi connectivity index (χ3v) is 2.80. The summed E-state index contributed by atoms with van der Waals surface area (Å²) in [6.07, 6.45) is -0.776. The minimum atomic E-state index is -0.675. The topological polar surface area (TPSA) is 78.6 Å². The van der Waals surface area contributed by atoms with E-state index in [4.69, 9.17) is 38.4 Å². The van der Waals surface area contributed by atoms with Gasteiger partial charge < -0.3 is 15.2 Å². The van der Waals surface area contributed by atoms with Crippen LogP contribution >= 0.6 is 23.2 Å². The largest absolute Gasteiger partial charge is 0.460 e. The van der Waals surface area contributed by atoms with Crippen molar-refractivity contribution in [2.45, 2.75) is 19.4 Å². The maximum absolute atomic E-state index is 11.9. The highest BCUT2D eigenvalue weighted by Gasteiger charge is 2.18. The van der Waals surface area contributed by atoms with Crippen molar-refractivity contribution in [3.05, 3.63) is 40.4 Å². The molecule has 7 heteroatoms. The van der Waals surface area contributed by atoms with Gasteiger partial charge in [0.2, 0.25) is 0 Å². The quantitative estimate of drug-likeness (QED) is 0.639. The van der Waals surface area contributed by atoms with Gasteiger partial charge in [0.15, 0.2) is 0 Å². The molecule has 1 aromatic rings. The summed E-state index contributed by atoms with van der Waals surface area (Å²) < 4.78 is 9.91. The Bertz CT molecular complexity index is 560. The summed E-state index contributed by atoms with van der Waals surface area (Å²) >= 11 is 11.4. The lowest BCUT2D eigenvalue weighted by atomic mass is 10.2. The van der Waals surface area contributed by atoms with Crippen LogP contribution in [-0.4, -0.2) is 24.6 Å². The Morgan fingerprint density at radius 3 is 2.71 bits per heavy atom. The third kappa shape index (κ3) is 6.06. The van der Waals surface area contributed by atoms with Gasteiger partial charge in [-0.3, -0.25) is 4.79 Å². The monoisotopic (exact) mass is 331 g/mol. The Hall–Kier alpha value is -1.72. The SMILES string of the molecule is C=C(Cl)COC(=O)CC(C)OC(=O)c1cc(N)ccc1Cl. The van der Waals surface area contributed by atoms with Crippen LogP contribution in [0.15, 0.2) is 29.8 Å². The van der Waals surface area contributed by atoms with Crippen LogP contribution in [0, 0.1) is 0 Å². The Kier molecular flexibility index (Phi) is 6.52. The van der Waals surface area contributed by atoms with Crippen molar-refractivity contribution < 1.29 is 19.1 Å². The second-order valence-corrected chi connectivity index (χ2v) is 5.28. The van der Waals surface area contributed by atoms with E-state index in [1.807, 2.05) is 0 Å². The highest BCUT2D eigenvalue weighted by molar-refractivity contribution is 6.33. The van der Waals surface area contributed by atoms with E-state index in [1.54, 1.807) is 13.0 Å². The molecule has 0 aromatic heterocycles. The van der Waals surface area contributed by atoms with Gasteiger partial charge in [-0.15, -0.1) is 0 Å². The Labute approximate surface area is 132 Å². The molecule has 0 aliphatic carbocycles. The normalized spacial score (nSPS) is 11.6. The van der Waals surface area contributed by atoms with Crippen LogP contribution in [0.5, 0.6) is 0 Å². The van der Waals surface area contributed by atoms with Crippen LogP contribution in [0.2, 0.25) is 5.02 Å². The molecule has 114 valence electrons. The van der Waals surface area contributed by atoms with E-state index in [0.29, 0.717) is 5.69 Å². The average molecular weight is 332 g/mol. The number of nitrogens with two attached hydrogens (primary N) is 1. The molecular weight excluding hydrogens is 317 g/mol. The first kappa shape index (κ1) is 17.3. The first-order chi connectivity index (χ1) is 9.79. The number of carbonyl (C=O) groups excluding carboxylic acids is 2. The number of nitrogen functional groups attached to an aromatic ring is 1. The maximum Gasteiger partial charge on any atom is 0.340 e. The summed E-state index contributed by atoms with van der Waals surface area (Å²) in [6, 6.07) is 4.48. The van der Waals surface area contributed by atoms with Crippen molar-refractivity contribution in [3.63, 3.8) is 0 Å². The molecule has 1 atom stereocenters. The standard InChI is InChI=1S/C14H15Cl2NO4/c1-8(15)7-20-13(18)5-9(2)21-14(19)11-6-10(17)3-4-12(11)16/h3-4,6,9H,1,5,7,17H2,2H3. The van der Waals surface area contributed by atoms with Crippen molar-refractivity contribution in [1.82, 2.24) is 0 Å². The number of rotatable bonds is 6. The summed E-state index contributed by atoms with van der Waals surface area (Å²) in [6.45, 7) is 4.87. The predicted molar refractivity (Wildman–Crippen MR) is 81.3 cm³/mol. The lowest BCUT2D eigenvalue weighted by Crippen LogP contribution is -2.20. The second kappa shape index (κ2) is 7.90. The summed E-state index contributed by atoms with van der Waals surface area (Å²) in [5, 5.41) is 0.432. The molecular formula is C14H15Cl2NO4. The number of benzene rings is 1. The van der Waals surface area contributed by atoms with Crippen LogP contribution in [-0.2, 0) is 14.3 Å². The van der Waals surface area contributed by atoms with E-state index in [-0.39, 0.29) is 28.6 Å². The molecule has 0 bridgehead atoms. The van der Waals surface area contributed by atoms with Gasteiger partial charge in [-0.25, -0.2) is 4.79 Å². The summed E-state index contributed by atoms with van der Waals surface area (Å²) in [5.74, 6) is -1.20. The van der Waals surface area contributed by atoms with Gasteiger partial charge in [0, 0.05) is 10.7 Å². The van der Waals surface area contributed by atoms with Gasteiger partial charge in [0.25, 0.3) is 0 Å². The highest BCUT2D eigenvalue weighted by atomic mass is 35.5. The lowest BCUT2D eigenvalue weighted by Gasteiger charge is -2.13. The molecule has 2 N–H and O–H groups in total. The molecule has 0 radical (unpaired) electrons.